The van der Waals surface area contributed by atoms with Crippen molar-refractivity contribution in [1.29, 1.82) is 0 Å². The minimum absolute atomic E-state index is 0.102. The number of aromatic nitrogens is 3. The lowest BCUT2D eigenvalue weighted by Crippen LogP contribution is -2.34. The molecule has 0 amide bonds. The fourth-order valence-corrected chi connectivity index (χ4v) is 4.08. The van der Waals surface area contributed by atoms with Crippen molar-refractivity contribution in [3.8, 4) is 0 Å². The molecule has 3 heterocycles. The summed E-state index contributed by atoms with van der Waals surface area (Å²) in [5.74, 6) is 0.666. The van der Waals surface area contributed by atoms with Crippen molar-refractivity contribution in [2.75, 3.05) is 11.4 Å². The summed E-state index contributed by atoms with van der Waals surface area (Å²) in [7, 11) is 0. The van der Waals surface area contributed by atoms with E-state index >= 15 is 0 Å². The molecule has 2 unspecified atom stereocenters. The summed E-state index contributed by atoms with van der Waals surface area (Å²) in [4.78, 5) is 19.1. The summed E-state index contributed by atoms with van der Waals surface area (Å²) in [5.41, 5.74) is -0.102. The molecule has 6 heteroatoms. The first-order valence-corrected chi connectivity index (χ1v) is 8.14. The lowest BCUT2D eigenvalue weighted by Gasteiger charge is -2.28. The van der Waals surface area contributed by atoms with Gasteiger partial charge in [0.25, 0.3) is 5.56 Å². The highest BCUT2D eigenvalue weighted by atomic mass is 32.1. The highest BCUT2D eigenvalue weighted by Gasteiger charge is 2.31. The molecule has 0 saturated carbocycles. The standard InChI is InChI=1S/C14H20N4OS/c1-3-5-10(2)11-6-4-9-17(11)14-16-18-12(19)7-8-15-13(18)20-14/h7-8,10-11H,3-6,9H2,1-2H3. The van der Waals surface area contributed by atoms with Gasteiger partial charge in [-0.2, -0.15) is 4.52 Å². The first kappa shape index (κ1) is 13.5. The average molecular weight is 292 g/mol. The Balaban J connectivity index is 1.93. The molecule has 1 aliphatic heterocycles. The molecule has 0 aliphatic carbocycles. The molecule has 0 N–H and O–H groups in total. The maximum absolute atomic E-state index is 11.8. The molecule has 0 spiro atoms. The lowest BCUT2D eigenvalue weighted by atomic mass is 9.95. The van der Waals surface area contributed by atoms with Crippen LogP contribution in [0, 0.1) is 5.92 Å². The van der Waals surface area contributed by atoms with E-state index in [0.717, 1.165) is 11.7 Å². The van der Waals surface area contributed by atoms with Gasteiger partial charge in [-0.05, 0) is 25.2 Å². The molecule has 3 rings (SSSR count). The van der Waals surface area contributed by atoms with E-state index in [-0.39, 0.29) is 5.56 Å². The second-order valence-corrected chi connectivity index (χ2v) is 6.47. The van der Waals surface area contributed by atoms with Crippen LogP contribution in [-0.4, -0.2) is 27.2 Å². The van der Waals surface area contributed by atoms with E-state index in [1.165, 1.54) is 47.6 Å². The smallest absolute Gasteiger partial charge is 0.275 e. The van der Waals surface area contributed by atoms with Gasteiger partial charge in [0.1, 0.15) is 0 Å². The van der Waals surface area contributed by atoms with Crippen LogP contribution in [0.25, 0.3) is 4.96 Å². The van der Waals surface area contributed by atoms with Crippen LogP contribution in [0.4, 0.5) is 5.13 Å². The molecular formula is C14H20N4OS. The molecule has 2 aromatic heterocycles. The van der Waals surface area contributed by atoms with Crippen molar-refractivity contribution in [1.82, 2.24) is 14.6 Å². The van der Waals surface area contributed by atoms with Gasteiger partial charge in [0.05, 0.1) is 0 Å². The van der Waals surface area contributed by atoms with Gasteiger partial charge in [-0.1, -0.05) is 31.6 Å². The van der Waals surface area contributed by atoms with Gasteiger partial charge in [-0.25, -0.2) is 4.98 Å². The number of hydrogen-bond acceptors (Lipinski definition) is 5. The molecule has 0 bridgehead atoms. The normalized spacial score (nSPS) is 20.7. The van der Waals surface area contributed by atoms with Gasteiger partial charge in [0, 0.05) is 24.8 Å². The van der Waals surface area contributed by atoms with Gasteiger partial charge in [-0.3, -0.25) is 4.79 Å². The molecular weight excluding hydrogens is 272 g/mol. The Kier molecular flexibility index (Phi) is 3.74. The van der Waals surface area contributed by atoms with Crippen molar-refractivity contribution >= 4 is 21.4 Å². The number of fused-ring (bicyclic) bond motifs is 1. The van der Waals surface area contributed by atoms with Gasteiger partial charge in [-0.15, -0.1) is 5.10 Å². The minimum Gasteiger partial charge on any atom is -0.343 e. The first-order valence-electron chi connectivity index (χ1n) is 7.32. The summed E-state index contributed by atoms with van der Waals surface area (Å²) in [6.07, 6.45) is 6.44. The predicted octanol–water partition coefficient (Wildman–Crippen LogP) is 2.56. The molecule has 0 radical (unpaired) electrons. The Morgan fingerprint density at radius 3 is 3.15 bits per heavy atom. The molecule has 2 aromatic rings. The van der Waals surface area contributed by atoms with Gasteiger partial charge < -0.3 is 4.90 Å². The van der Waals surface area contributed by atoms with Crippen molar-refractivity contribution in [3.05, 3.63) is 22.6 Å². The number of anilines is 1. The second kappa shape index (κ2) is 5.52. The zero-order chi connectivity index (χ0) is 14.1. The summed E-state index contributed by atoms with van der Waals surface area (Å²) in [6, 6.07) is 2.00. The molecule has 0 aromatic carbocycles. The van der Waals surface area contributed by atoms with E-state index in [1.807, 2.05) is 0 Å². The zero-order valence-electron chi connectivity index (χ0n) is 12.0. The highest BCUT2D eigenvalue weighted by Crippen LogP contribution is 2.33. The molecule has 2 atom stereocenters. The average Bonchev–Trinajstić information content (AvgIpc) is 3.05. The van der Waals surface area contributed by atoms with Crippen LogP contribution in [0.5, 0.6) is 0 Å². The zero-order valence-corrected chi connectivity index (χ0v) is 12.8. The Labute approximate surface area is 122 Å². The topological polar surface area (TPSA) is 50.5 Å². The van der Waals surface area contributed by atoms with E-state index in [0.29, 0.717) is 16.9 Å². The quantitative estimate of drug-likeness (QED) is 0.869. The molecule has 1 fully saturated rings. The molecule has 108 valence electrons. The molecule has 1 saturated heterocycles. The Hall–Kier alpha value is -1.43. The Morgan fingerprint density at radius 2 is 2.40 bits per heavy atom. The van der Waals surface area contributed by atoms with E-state index in [1.54, 1.807) is 6.20 Å². The maximum Gasteiger partial charge on any atom is 0.275 e. The van der Waals surface area contributed by atoms with E-state index < -0.39 is 0 Å². The first-order chi connectivity index (χ1) is 9.70. The van der Waals surface area contributed by atoms with Crippen LogP contribution in [0.2, 0.25) is 0 Å². The van der Waals surface area contributed by atoms with Crippen LogP contribution < -0.4 is 10.5 Å². The van der Waals surface area contributed by atoms with Gasteiger partial charge in [0.15, 0.2) is 0 Å². The lowest BCUT2D eigenvalue weighted by molar-refractivity contribution is 0.420. The van der Waals surface area contributed by atoms with Crippen molar-refractivity contribution in [2.45, 2.75) is 45.6 Å². The van der Waals surface area contributed by atoms with Gasteiger partial charge in [0.2, 0.25) is 10.1 Å². The van der Waals surface area contributed by atoms with Crippen LogP contribution in [-0.2, 0) is 0 Å². The maximum atomic E-state index is 11.8. The Bertz CT molecular complexity index is 650. The third kappa shape index (κ3) is 2.32. The molecule has 1 aliphatic rings. The summed E-state index contributed by atoms with van der Waals surface area (Å²) in [5, 5.41) is 5.41. The Morgan fingerprint density at radius 1 is 1.55 bits per heavy atom. The van der Waals surface area contributed by atoms with Crippen molar-refractivity contribution in [2.24, 2.45) is 5.92 Å². The van der Waals surface area contributed by atoms with E-state index in [9.17, 15) is 4.79 Å². The third-order valence-corrected chi connectivity index (χ3v) is 5.07. The van der Waals surface area contributed by atoms with Crippen LogP contribution in [0.3, 0.4) is 0 Å². The number of hydrogen-bond donors (Lipinski definition) is 0. The van der Waals surface area contributed by atoms with Crippen molar-refractivity contribution < 1.29 is 0 Å². The fraction of sp³-hybridized carbons (Fsp3) is 0.643. The number of nitrogens with zero attached hydrogens (tertiary/aromatic N) is 4. The summed E-state index contributed by atoms with van der Waals surface area (Å²) < 4.78 is 1.42. The summed E-state index contributed by atoms with van der Waals surface area (Å²) >= 11 is 1.51. The van der Waals surface area contributed by atoms with Crippen LogP contribution >= 0.6 is 11.3 Å². The van der Waals surface area contributed by atoms with Gasteiger partial charge >= 0.3 is 0 Å². The fourth-order valence-electron chi connectivity index (χ4n) is 3.12. The van der Waals surface area contributed by atoms with E-state index in [2.05, 4.69) is 28.8 Å². The van der Waals surface area contributed by atoms with Crippen LogP contribution in [0.1, 0.15) is 39.5 Å². The minimum atomic E-state index is -0.102. The monoisotopic (exact) mass is 292 g/mol. The van der Waals surface area contributed by atoms with Crippen LogP contribution in [0.15, 0.2) is 17.1 Å². The summed E-state index contributed by atoms with van der Waals surface area (Å²) in [6.45, 7) is 5.59. The largest absolute Gasteiger partial charge is 0.343 e. The second-order valence-electron chi connectivity index (χ2n) is 5.53. The third-order valence-electron chi connectivity index (χ3n) is 4.11. The highest BCUT2D eigenvalue weighted by molar-refractivity contribution is 7.20. The number of rotatable bonds is 4. The predicted molar refractivity (Wildman–Crippen MR) is 81.6 cm³/mol. The van der Waals surface area contributed by atoms with Crippen molar-refractivity contribution in [3.63, 3.8) is 0 Å². The SMILES string of the molecule is CCCC(C)C1CCCN1c1nn2c(=O)ccnc2s1. The molecule has 5 nitrogen and oxygen atoms in total. The molecule has 20 heavy (non-hydrogen) atoms. The van der Waals surface area contributed by atoms with E-state index in [4.69, 9.17) is 0 Å².